The predicted octanol–water partition coefficient (Wildman–Crippen LogP) is 4.75. The minimum atomic E-state index is -0.836. The molecule has 2 unspecified atom stereocenters. The highest BCUT2D eigenvalue weighted by atomic mass is 16.6. The molecule has 0 aliphatic rings. The van der Waals surface area contributed by atoms with E-state index in [4.69, 9.17) is 4.74 Å². The van der Waals surface area contributed by atoms with Crippen molar-refractivity contribution in [1.29, 1.82) is 0 Å². The van der Waals surface area contributed by atoms with Crippen molar-refractivity contribution in [2.24, 2.45) is 0 Å². The molecule has 0 bridgehead atoms. The molecule has 7 heteroatoms. The molecule has 3 amide bonds. The van der Waals surface area contributed by atoms with Crippen LogP contribution in [-0.4, -0.2) is 47.5 Å². The van der Waals surface area contributed by atoms with Gasteiger partial charge in [0.15, 0.2) is 0 Å². The second-order valence-corrected chi connectivity index (χ2v) is 9.40. The Hall–Kier alpha value is -2.57. The summed E-state index contributed by atoms with van der Waals surface area (Å²) in [5.74, 6) is -0.530. The third-order valence-corrected chi connectivity index (χ3v) is 5.19. The first kappa shape index (κ1) is 28.5. The summed E-state index contributed by atoms with van der Waals surface area (Å²) in [6.45, 7) is 14.0. The number of nitrogens with zero attached hydrogens (tertiary/aromatic N) is 1. The Labute approximate surface area is 199 Å². The van der Waals surface area contributed by atoms with E-state index in [-0.39, 0.29) is 11.8 Å². The number of alkyl carbamates (subject to hydrolysis) is 1. The first-order valence-corrected chi connectivity index (χ1v) is 12.2. The average molecular weight is 462 g/mol. The summed E-state index contributed by atoms with van der Waals surface area (Å²) in [4.78, 5) is 40.5. The van der Waals surface area contributed by atoms with Gasteiger partial charge in [-0.2, -0.15) is 0 Å². The minimum absolute atomic E-state index is 0.207. The van der Waals surface area contributed by atoms with Crippen LogP contribution in [-0.2, 0) is 20.7 Å². The van der Waals surface area contributed by atoms with E-state index < -0.39 is 23.8 Å². The van der Waals surface area contributed by atoms with Crippen molar-refractivity contribution in [2.75, 3.05) is 13.1 Å². The standard InChI is InChI=1S/C26H43N3O4/c1-8-11-12-17-27-23(30)22(21-15-13-20(10-3)14-16-21)29(18-9-2)24(31)19(4)28-25(32)33-26(5,6)7/h13-16,19,22H,8-12,17-18H2,1-7H3,(H,27,30)(H,28,32). The van der Waals surface area contributed by atoms with Crippen LogP contribution in [0.15, 0.2) is 24.3 Å². The molecule has 1 aromatic rings. The molecule has 0 radical (unpaired) electrons. The van der Waals surface area contributed by atoms with Gasteiger partial charge in [-0.3, -0.25) is 9.59 Å². The normalized spacial score (nSPS) is 13.1. The molecule has 186 valence electrons. The molecule has 0 saturated carbocycles. The van der Waals surface area contributed by atoms with Gasteiger partial charge in [-0.25, -0.2) is 4.79 Å². The van der Waals surface area contributed by atoms with Crippen LogP contribution in [0.5, 0.6) is 0 Å². The number of hydrogen-bond acceptors (Lipinski definition) is 4. The number of carbonyl (C=O) groups is 3. The maximum atomic E-state index is 13.4. The van der Waals surface area contributed by atoms with Crippen LogP contribution in [0.2, 0.25) is 0 Å². The smallest absolute Gasteiger partial charge is 0.408 e. The van der Waals surface area contributed by atoms with E-state index in [2.05, 4.69) is 24.5 Å². The van der Waals surface area contributed by atoms with Crippen LogP contribution in [0.25, 0.3) is 0 Å². The minimum Gasteiger partial charge on any atom is -0.444 e. The Balaban J connectivity index is 3.17. The Morgan fingerprint density at radius 2 is 1.64 bits per heavy atom. The summed E-state index contributed by atoms with van der Waals surface area (Å²) in [7, 11) is 0. The lowest BCUT2D eigenvalue weighted by atomic mass is 10.0. The fourth-order valence-electron chi connectivity index (χ4n) is 3.49. The molecule has 0 heterocycles. The summed E-state index contributed by atoms with van der Waals surface area (Å²) in [6, 6.07) is 6.20. The summed E-state index contributed by atoms with van der Waals surface area (Å²) in [5, 5.41) is 5.62. The van der Waals surface area contributed by atoms with Crippen molar-refractivity contribution in [1.82, 2.24) is 15.5 Å². The molecule has 0 saturated heterocycles. The van der Waals surface area contributed by atoms with Crippen molar-refractivity contribution in [3.8, 4) is 0 Å². The van der Waals surface area contributed by atoms with Crippen LogP contribution in [0.1, 0.15) is 91.3 Å². The molecule has 33 heavy (non-hydrogen) atoms. The Bertz CT molecular complexity index is 756. The number of unbranched alkanes of at least 4 members (excludes halogenated alkanes) is 2. The van der Waals surface area contributed by atoms with Crippen LogP contribution >= 0.6 is 0 Å². The predicted molar refractivity (Wildman–Crippen MR) is 132 cm³/mol. The van der Waals surface area contributed by atoms with E-state index in [1.807, 2.05) is 31.2 Å². The fraction of sp³-hybridized carbons (Fsp3) is 0.654. The number of hydrogen-bond donors (Lipinski definition) is 2. The highest BCUT2D eigenvalue weighted by Gasteiger charge is 2.34. The number of benzene rings is 1. The third-order valence-electron chi connectivity index (χ3n) is 5.19. The van der Waals surface area contributed by atoms with E-state index in [9.17, 15) is 14.4 Å². The van der Waals surface area contributed by atoms with Crippen LogP contribution in [0.3, 0.4) is 0 Å². The summed E-state index contributed by atoms with van der Waals surface area (Å²) in [5.41, 5.74) is 1.25. The number of carbonyl (C=O) groups excluding carboxylic acids is 3. The quantitative estimate of drug-likeness (QED) is 0.440. The lowest BCUT2D eigenvalue weighted by Crippen LogP contribution is -2.52. The van der Waals surface area contributed by atoms with Gasteiger partial charge < -0.3 is 20.3 Å². The zero-order valence-electron chi connectivity index (χ0n) is 21.5. The molecule has 0 fully saturated rings. The monoisotopic (exact) mass is 461 g/mol. The highest BCUT2D eigenvalue weighted by Crippen LogP contribution is 2.24. The Kier molecular flexibility index (Phi) is 12.0. The average Bonchev–Trinajstić information content (AvgIpc) is 2.75. The summed E-state index contributed by atoms with van der Waals surface area (Å²) in [6.07, 6.45) is 3.89. The molecule has 0 aliphatic carbocycles. The van der Waals surface area contributed by atoms with E-state index in [1.165, 1.54) is 0 Å². The summed E-state index contributed by atoms with van der Waals surface area (Å²) < 4.78 is 5.29. The molecule has 7 nitrogen and oxygen atoms in total. The number of rotatable bonds is 12. The van der Waals surface area contributed by atoms with Crippen molar-refractivity contribution in [3.05, 3.63) is 35.4 Å². The van der Waals surface area contributed by atoms with E-state index in [0.29, 0.717) is 19.5 Å². The molecule has 1 rings (SSSR count). The Morgan fingerprint density at radius 1 is 1.00 bits per heavy atom. The Morgan fingerprint density at radius 3 is 2.15 bits per heavy atom. The van der Waals surface area contributed by atoms with Gasteiger partial charge in [0.2, 0.25) is 11.8 Å². The van der Waals surface area contributed by atoms with Gasteiger partial charge in [0.1, 0.15) is 17.7 Å². The maximum absolute atomic E-state index is 13.4. The van der Waals surface area contributed by atoms with Gasteiger partial charge >= 0.3 is 6.09 Å². The fourth-order valence-corrected chi connectivity index (χ4v) is 3.49. The SMILES string of the molecule is CCCCCNC(=O)C(c1ccc(CC)cc1)N(CCC)C(=O)C(C)NC(=O)OC(C)(C)C. The molecular weight excluding hydrogens is 418 g/mol. The lowest BCUT2D eigenvalue weighted by molar-refractivity contribution is -0.142. The third kappa shape index (κ3) is 9.84. The number of aryl methyl sites for hydroxylation is 1. The second kappa shape index (κ2) is 13.9. The zero-order valence-corrected chi connectivity index (χ0v) is 21.5. The van der Waals surface area contributed by atoms with Gasteiger partial charge in [-0.15, -0.1) is 0 Å². The molecule has 2 atom stereocenters. The van der Waals surface area contributed by atoms with Gasteiger partial charge in [-0.05, 0) is 58.1 Å². The van der Waals surface area contributed by atoms with Crippen molar-refractivity contribution in [3.63, 3.8) is 0 Å². The summed E-state index contributed by atoms with van der Waals surface area (Å²) >= 11 is 0. The maximum Gasteiger partial charge on any atom is 0.408 e. The van der Waals surface area contributed by atoms with E-state index in [1.54, 1.807) is 32.6 Å². The number of ether oxygens (including phenoxy) is 1. The van der Waals surface area contributed by atoms with E-state index in [0.717, 1.165) is 36.8 Å². The number of amides is 3. The highest BCUT2D eigenvalue weighted by molar-refractivity contribution is 5.92. The topological polar surface area (TPSA) is 87.7 Å². The molecule has 1 aromatic carbocycles. The first-order valence-electron chi connectivity index (χ1n) is 12.2. The lowest BCUT2D eigenvalue weighted by Gasteiger charge is -2.33. The molecule has 0 aromatic heterocycles. The molecule has 2 N–H and O–H groups in total. The van der Waals surface area contributed by atoms with Crippen molar-refractivity contribution in [2.45, 2.75) is 98.3 Å². The molecule has 0 aliphatic heterocycles. The zero-order chi connectivity index (χ0) is 25.0. The van der Waals surface area contributed by atoms with Crippen LogP contribution in [0, 0.1) is 0 Å². The number of nitrogens with one attached hydrogen (secondary N) is 2. The van der Waals surface area contributed by atoms with Crippen LogP contribution in [0.4, 0.5) is 4.79 Å². The first-order chi connectivity index (χ1) is 15.5. The molecular formula is C26H43N3O4. The van der Waals surface area contributed by atoms with Crippen molar-refractivity contribution >= 4 is 17.9 Å². The van der Waals surface area contributed by atoms with Gasteiger partial charge in [0.25, 0.3) is 0 Å². The second-order valence-electron chi connectivity index (χ2n) is 9.40. The van der Waals surface area contributed by atoms with E-state index >= 15 is 0 Å². The van der Waals surface area contributed by atoms with Crippen molar-refractivity contribution < 1.29 is 19.1 Å². The van der Waals surface area contributed by atoms with Gasteiger partial charge in [-0.1, -0.05) is 57.9 Å². The van der Waals surface area contributed by atoms with Gasteiger partial charge in [0, 0.05) is 13.1 Å². The van der Waals surface area contributed by atoms with Gasteiger partial charge in [0.05, 0.1) is 0 Å². The molecule has 0 spiro atoms. The largest absolute Gasteiger partial charge is 0.444 e. The van der Waals surface area contributed by atoms with Crippen LogP contribution < -0.4 is 10.6 Å².